The van der Waals surface area contributed by atoms with Crippen molar-refractivity contribution < 1.29 is 9.53 Å². The number of aryl methyl sites for hydroxylation is 2. The number of nitrogens with zero attached hydrogens (tertiary/aromatic N) is 5. The molecule has 0 bridgehead atoms. The first-order chi connectivity index (χ1) is 15.1. The highest BCUT2D eigenvalue weighted by atomic mass is 16.5. The number of carbonyl (C=O) groups excluding carboxylic acids is 1. The summed E-state index contributed by atoms with van der Waals surface area (Å²) < 4.78 is 7.74. The third-order valence-corrected chi connectivity index (χ3v) is 5.20. The van der Waals surface area contributed by atoms with E-state index in [9.17, 15) is 4.79 Å². The van der Waals surface area contributed by atoms with Crippen LogP contribution in [0, 0.1) is 13.8 Å². The van der Waals surface area contributed by atoms with Gasteiger partial charge in [0.25, 0.3) is 5.91 Å². The Morgan fingerprint density at radius 1 is 1.16 bits per heavy atom. The molecule has 162 valence electrons. The van der Waals surface area contributed by atoms with E-state index < -0.39 is 0 Å². The molecule has 0 aromatic carbocycles. The number of hydrogen-bond acceptors (Lipinski definition) is 7. The van der Waals surface area contributed by atoms with E-state index in [4.69, 9.17) is 4.74 Å². The fourth-order valence-electron chi connectivity index (χ4n) is 3.62. The molecule has 1 fully saturated rings. The van der Waals surface area contributed by atoms with E-state index in [-0.39, 0.29) is 12.0 Å². The zero-order valence-corrected chi connectivity index (χ0v) is 17.8. The Labute approximate surface area is 181 Å². The molecule has 0 spiro atoms. The van der Waals surface area contributed by atoms with Gasteiger partial charge in [0.2, 0.25) is 5.88 Å². The largest absolute Gasteiger partial charge is 0.474 e. The van der Waals surface area contributed by atoms with Gasteiger partial charge >= 0.3 is 0 Å². The minimum absolute atomic E-state index is 0.171. The van der Waals surface area contributed by atoms with Crippen LogP contribution in [0.3, 0.4) is 0 Å². The lowest BCUT2D eigenvalue weighted by atomic mass is 10.2. The van der Waals surface area contributed by atoms with Crippen molar-refractivity contribution in [3.05, 3.63) is 54.0 Å². The van der Waals surface area contributed by atoms with E-state index in [2.05, 4.69) is 30.6 Å². The van der Waals surface area contributed by atoms with E-state index in [0.717, 1.165) is 24.5 Å². The number of hydrogen-bond donors (Lipinski definition) is 2. The summed E-state index contributed by atoms with van der Waals surface area (Å²) in [4.78, 5) is 29.7. The maximum Gasteiger partial charge on any atom is 0.252 e. The number of amides is 1. The molecule has 0 aliphatic heterocycles. The van der Waals surface area contributed by atoms with Gasteiger partial charge in [0.15, 0.2) is 0 Å². The Morgan fingerprint density at radius 2 is 2.00 bits per heavy atom. The second kappa shape index (κ2) is 9.55. The molecule has 1 aliphatic carbocycles. The summed E-state index contributed by atoms with van der Waals surface area (Å²) in [5.74, 6) is 3.36. The molecule has 4 rings (SSSR count). The van der Waals surface area contributed by atoms with Crippen molar-refractivity contribution in [1.82, 2.24) is 29.8 Å². The fraction of sp³-hybridized carbons (Fsp3) is 0.409. The molecule has 3 aromatic heterocycles. The Morgan fingerprint density at radius 3 is 2.71 bits per heavy atom. The van der Waals surface area contributed by atoms with E-state index in [1.165, 1.54) is 12.8 Å². The highest BCUT2D eigenvalue weighted by molar-refractivity contribution is 5.93. The first-order valence-corrected chi connectivity index (χ1v) is 10.6. The van der Waals surface area contributed by atoms with Crippen LogP contribution >= 0.6 is 0 Å². The monoisotopic (exact) mass is 421 g/mol. The molecule has 1 amide bonds. The average Bonchev–Trinajstić information content (AvgIpc) is 3.43. The molecule has 0 radical (unpaired) electrons. The molecule has 1 saturated carbocycles. The molecule has 3 aromatic rings. The van der Waals surface area contributed by atoms with E-state index in [1.54, 1.807) is 24.5 Å². The lowest BCUT2D eigenvalue weighted by Gasteiger charge is -2.12. The van der Waals surface area contributed by atoms with Crippen molar-refractivity contribution in [2.75, 3.05) is 18.4 Å². The predicted molar refractivity (Wildman–Crippen MR) is 117 cm³/mol. The number of anilines is 1. The maximum absolute atomic E-state index is 12.4. The number of aromatic nitrogens is 5. The fourth-order valence-corrected chi connectivity index (χ4v) is 3.62. The summed E-state index contributed by atoms with van der Waals surface area (Å²) >= 11 is 0. The van der Waals surface area contributed by atoms with Crippen molar-refractivity contribution in [1.29, 1.82) is 0 Å². The van der Waals surface area contributed by atoms with Crippen molar-refractivity contribution >= 4 is 11.7 Å². The molecule has 31 heavy (non-hydrogen) atoms. The smallest absolute Gasteiger partial charge is 0.252 e. The maximum atomic E-state index is 12.4. The lowest BCUT2D eigenvalue weighted by molar-refractivity contribution is 0.0954. The average molecular weight is 422 g/mol. The summed E-state index contributed by atoms with van der Waals surface area (Å²) in [6.45, 7) is 4.74. The predicted octanol–water partition coefficient (Wildman–Crippen LogP) is 2.84. The Balaban J connectivity index is 1.26. The van der Waals surface area contributed by atoms with Gasteiger partial charge in [-0.05, 0) is 45.6 Å². The molecule has 2 N–H and O–H groups in total. The molecule has 9 nitrogen and oxygen atoms in total. The third kappa shape index (κ3) is 5.36. The van der Waals surface area contributed by atoms with Gasteiger partial charge in [-0.1, -0.05) is 0 Å². The van der Waals surface area contributed by atoms with Gasteiger partial charge in [0, 0.05) is 43.8 Å². The first-order valence-electron chi connectivity index (χ1n) is 10.6. The van der Waals surface area contributed by atoms with Crippen LogP contribution in [0.4, 0.5) is 5.82 Å². The van der Waals surface area contributed by atoms with Crippen LogP contribution in [-0.4, -0.2) is 49.6 Å². The van der Waals surface area contributed by atoms with E-state index in [0.29, 0.717) is 36.2 Å². The molecule has 9 heteroatoms. The van der Waals surface area contributed by atoms with Gasteiger partial charge in [-0.3, -0.25) is 9.36 Å². The number of nitrogens with one attached hydrogen (secondary N) is 2. The highest BCUT2D eigenvalue weighted by Gasteiger charge is 2.17. The summed E-state index contributed by atoms with van der Waals surface area (Å²) in [5, 5.41) is 6.12. The number of carbonyl (C=O) groups is 1. The zero-order chi connectivity index (χ0) is 21.6. The van der Waals surface area contributed by atoms with Crippen molar-refractivity contribution in [3.8, 4) is 11.7 Å². The molecule has 0 saturated heterocycles. The molecular weight excluding hydrogens is 394 g/mol. The summed E-state index contributed by atoms with van der Waals surface area (Å²) in [7, 11) is 0. The van der Waals surface area contributed by atoms with Crippen molar-refractivity contribution in [2.24, 2.45) is 0 Å². The molecule has 0 unspecified atom stereocenters. The third-order valence-electron chi connectivity index (χ3n) is 5.20. The Kier molecular flexibility index (Phi) is 6.40. The summed E-state index contributed by atoms with van der Waals surface area (Å²) in [5.41, 5.74) is 0.509. The van der Waals surface area contributed by atoms with Crippen molar-refractivity contribution in [2.45, 2.75) is 45.6 Å². The molecular formula is C22H27N7O2. The normalized spacial score (nSPS) is 13.9. The van der Waals surface area contributed by atoms with Crippen molar-refractivity contribution in [3.63, 3.8) is 0 Å². The SMILES string of the molecule is Cc1nc(NCCNC(=O)c2ccc(OC3CCCC3)nc2)cc(-n2ccnc2C)n1. The molecule has 3 heterocycles. The van der Waals surface area contributed by atoms with Crippen LogP contribution in [0.15, 0.2) is 36.8 Å². The standard InChI is InChI=1S/C22H27N7O2/c1-15-27-19(13-20(28-15)29-12-11-23-16(29)2)24-9-10-25-22(30)17-7-8-21(26-14-17)31-18-5-3-4-6-18/h7-8,11-14,18H,3-6,9-10H2,1-2H3,(H,25,30)(H,24,27,28). The van der Waals surface area contributed by atoms with Crippen LogP contribution in [0.1, 0.15) is 47.7 Å². The topological polar surface area (TPSA) is 107 Å². The van der Waals surface area contributed by atoms with Gasteiger partial charge < -0.3 is 15.4 Å². The summed E-state index contributed by atoms with van der Waals surface area (Å²) in [6, 6.07) is 5.36. The highest BCUT2D eigenvalue weighted by Crippen LogP contribution is 2.22. The Bertz CT molecular complexity index is 1030. The first kappa shape index (κ1) is 20.8. The zero-order valence-electron chi connectivity index (χ0n) is 17.8. The number of rotatable bonds is 8. The quantitative estimate of drug-likeness (QED) is 0.539. The molecule has 0 atom stereocenters. The van der Waals surface area contributed by atoms with Gasteiger partial charge in [-0.2, -0.15) is 0 Å². The second-order valence-corrected chi connectivity index (χ2v) is 7.60. The number of pyridine rings is 1. The van der Waals surface area contributed by atoms with Gasteiger partial charge in [-0.15, -0.1) is 0 Å². The van der Waals surface area contributed by atoms with Gasteiger partial charge in [0.1, 0.15) is 29.4 Å². The number of ether oxygens (including phenoxy) is 1. The van der Waals surface area contributed by atoms with Crippen LogP contribution in [0.25, 0.3) is 5.82 Å². The summed E-state index contributed by atoms with van der Waals surface area (Å²) in [6.07, 6.45) is 9.97. The van der Waals surface area contributed by atoms with Gasteiger partial charge in [0.05, 0.1) is 5.56 Å². The second-order valence-electron chi connectivity index (χ2n) is 7.60. The van der Waals surface area contributed by atoms with E-state index >= 15 is 0 Å². The van der Waals surface area contributed by atoms with Crippen LogP contribution in [-0.2, 0) is 0 Å². The Hall–Kier alpha value is -3.49. The minimum atomic E-state index is -0.171. The minimum Gasteiger partial charge on any atom is -0.474 e. The van der Waals surface area contributed by atoms with Crippen LogP contribution in [0.2, 0.25) is 0 Å². The van der Waals surface area contributed by atoms with Crippen LogP contribution < -0.4 is 15.4 Å². The number of imidazole rings is 1. The van der Waals surface area contributed by atoms with Crippen LogP contribution in [0.5, 0.6) is 5.88 Å². The van der Waals surface area contributed by atoms with E-state index in [1.807, 2.05) is 30.7 Å². The molecule has 1 aliphatic rings. The lowest BCUT2D eigenvalue weighted by Crippen LogP contribution is -2.29. The van der Waals surface area contributed by atoms with Gasteiger partial charge in [-0.25, -0.2) is 19.9 Å².